The van der Waals surface area contributed by atoms with Crippen molar-refractivity contribution >= 4 is 43.1 Å². The molecule has 0 fully saturated rings. The lowest BCUT2D eigenvalue weighted by atomic mass is 10.1. The third-order valence-corrected chi connectivity index (χ3v) is 10.1. The first-order valence-corrected chi connectivity index (χ1v) is 16.0. The van der Waals surface area contributed by atoms with Crippen LogP contribution < -0.4 is 20.7 Å². The predicted octanol–water partition coefficient (Wildman–Crippen LogP) is 2.62. The maximum absolute atomic E-state index is 14.3. The number of alkyl halides is 2. The summed E-state index contributed by atoms with van der Waals surface area (Å²) in [6, 6.07) is 2.86. The van der Waals surface area contributed by atoms with Crippen LogP contribution in [0.15, 0.2) is 47.0 Å². The Kier molecular flexibility index (Phi) is 10.1. The lowest BCUT2D eigenvalue weighted by Crippen LogP contribution is -2.30. The van der Waals surface area contributed by atoms with E-state index in [4.69, 9.17) is 0 Å². The Morgan fingerprint density at radius 2 is 2.03 bits per heavy atom. The Labute approximate surface area is 226 Å². The van der Waals surface area contributed by atoms with Crippen molar-refractivity contribution in [2.24, 2.45) is 0 Å². The summed E-state index contributed by atoms with van der Waals surface area (Å²) >= 11 is 1.54. The minimum atomic E-state index is -5.23. The van der Waals surface area contributed by atoms with Crippen molar-refractivity contribution in [2.45, 2.75) is 47.4 Å². The lowest BCUT2D eigenvalue weighted by molar-refractivity contribution is 0.114. The smallest absolute Gasteiger partial charge is 0.347 e. The molecule has 0 spiro atoms. The van der Waals surface area contributed by atoms with E-state index in [2.05, 4.69) is 37.2 Å². The highest BCUT2D eigenvalue weighted by molar-refractivity contribution is 7.99. The summed E-state index contributed by atoms with van der Waals surface area (Å²) < 4.78 is 83.3. The van der Waals surface area contributed by atoms with Crippen LogP contribution in [-0.4, -0.2) is 69.7 Å². The largest absolute Gasteiger partial charge is 0.380 e. The van der Waals surface area contributed by atoms with Gasteiger partial charge in [-0.3, -0.25) is 4.72 Å². The molecule has 1 aromatic carbocycles. The number of sulfonamides is 1. The van der Waals surface area contributed by atoms with Crippen LogP contribution in [0.2, 0.25) is 0 Å². The molecular weight excluding hydrogens is 558 g/mol. The van der Waals surface area contributed by atoms with Crippen molar-refractivity contribution in [3.63, 3.8) is 0 Å². The number of benzene rings is 1. The van der Waals surface area contributed by atoms with Crippen molar-refractivity contribution in [2.75, 3.05) is 41.7 Å². The summed E-state index contributed by atoms with van der Waals surface area (Å²) in [6.45, 7) is 5.58. The molecule has 0 saturated carbocycles. The highest BCUT2D eigenvalue weighted by Gasteiger charge is 2.43. The summed E-state index contributed by atoms with van der Waals surface area (Å²) in [5.41, 5.74) is 1.15. The normalized spacial score (nSPS) is 14.9. The van der Waals surface area contributed by atoms with Gasteiger partial charge < -0.3 is 16.0 Å². The van der Waals surface area contributed by atoms with Gasteiger partial charge in [-0.1, -0.05) is 6.08 Å². The zero-order valence-corrected chi connectivity index (χ0v) is 23.6. The Balaban J connectivity index is 2.02. The quantitative estimate of drug-likeness (QED) is 0.192. The van der Waals surface area contributed by atoms with Gasteiger partial charge in [-0.25, -0.2) is 26.8 Å². The average molecular weight is 591 g/mol. The number of anilines is 2. The number of sulfone groups is 1. The zero-order chi connectivity index (χ0) is 28.0. The molecule has 0 unspecified atom stereocenters. The molecule has 15 heteroatoms. The maximum Gasteiger partial charge on any atom is 0.347 e. The number of aromatic nitrogens is 2. The van der Waals surface area contributed by atoms with E-state index >= 15 is 0 Å². The summed E-state index contributed by atoms with van der Waals surface area (Å²) in [7, 11) is -7.84. The SMILES string of the molecule is C=CCSC[C@@H](CCNC)Nc1ccc(S(=O)(=O)Nc2ncnc3c2CCNC3)cc1S(=O)(=O)C(C)(F)F. The van der Waals surface area contributed by atoms with Crippen LogP contribution in [-0.2, 0) is 32.8 Å². The molecule has 0 aliphatic carbocycles. The molecule has 0 radical (unpaired) electrons. The molecule has 1 aliphatic rings. The van der Waals surface area contributed by atoms with Gasteiger partial charge in [0.05, 0.1) is 21.2 Å². The number of rotatable bonds is 14. The van der Waals surface area contributed by atoms with Gasteiger partial charge in [0.1, 0.15) is 12.1 Å². The molecule has 1 aromatic heterocycles. The minimum absolute atomic E-state index is 0.0651. The fourth-order valence-electron chi connectivity index (χ4n) is 3.79. The maximum atomic E-state index is 14.3. The van der Waals surface area contributed by atoms with Crippen LogP contribution in [0.5, 0.6) is 0 Å². The van der Waals surface area contributed by atoms with Crippen molar-refractivity contribution < 1.29 is 25.6 Å². The van der Waals surface area contributed by atoms with Crippen LogP contribution in [0.3, 0.4) is 0 Å². The number of fused-ring (bicyclic) bond motifs is 1. The molecule has 3 rings (SSSR count). The first-order chi connectivity index (χ1) is 17.9. The average Bonchev–Trinajstić information content (AvgIpc) is 2.86. The van der Waals surface area contributed by atoms with Crippen molar-refractivity contribution in [3.8, 4) is 0 Å². The van der Waals surface area contributed by atoms with E-state index in [9.17, 15) is 25.6 Å². The van der Waals surface area contributed by atoms with Gasteiger partial charge in [0.2, 0.25) is 9.84 Å². The van der Waals surface area contributed by atoms with Gasteiger partial charge in [-0.2, -0.15) is 20.5 Å². The number of hydrogen-bond acceptors (Lipinski definition) is 10. The second-order valence-corrected chi connectivity index (χ2v) is 13.6. The Morgan fingerprint density at radius 3 is 2.71 bits per heavy atom. The van der Waals surface area contributed by atoms with Gasteiger partial charge in [0.15, 0.2) is 0 Å². The van der Waals surface area contributed by atoms with E-state index in [1.807, 2.05) is 0 Å². The number of hydrogen-bond donors (Lipinski definition) is 4. The Hall–Kier alpha value is -2.33. The molecule has 1 aliphatic heterocycles. The molecule has 1 atom stereocenters. The third-order valence-electron chi connectivity index (χ3n) is 5.79. The first-order valence-electron chi connectivity index (χ1n) is 11.8. The van der Waals surface area contributed by atoms with Crippen LogP contribution in [0.4, 0.5) is 20.3 Å². The molecule has 210 valence electrons. The number of nitrogens with one attached hydrogen (secondary N) is 4. The second-order valence-electron chi connectivity index (χ2n) is 8.71. The second kappa shape index (κ2) is 12.7. The van der Waals surface area contributed by atoms with Gasteiger partial charge in [0.25, 0.3) is 10.0 Å². The van der Waals surface area contributed by atoms with Crippen molar-refractivity contribution in [1.82, 2.24) is 20.6 Å². The highest BCUT2D eigenvalue weighted by atomic mass is 32.2. The minimum Gasteiger partial charge on any atom is -0.380 e. The lowest BCUT2D eigenvalue weighted by Gasteiger charge is -2.23. The molecule has 0 amide bonds. The van der Waals surface area contributed by atoms with Gasteiger partial charge in [-0.05, 0) is 51.2 Å². The van der Waals surface area contributed by atoms with Gasteiger partial charge in [-0.15, -0.1) is 6.58 Å². The summed E-state index contributed by atoms with van der Waals surface area (Å²) in [6.07, 6.45) is 4.00. The van der Waals surface area contributed by atoms with Gasteiger partial charge >= 0.3 is 5.25 Å². The highest BCUT2D eigenvalue weighted by Crippen LogP contribution is 2.35. The fourth-order valence-corrected chi connectivity index (χ4v) is 6.86. The van der Waals surface area contributed by atoms with Crippen molar-refractivity contribution in [3.05, 3.63) is 48.4 Å². The summed E-state index contributed by atoms with van der Waals surface area (Å²) in [5.74, 6) is 1.27. The van der Waals surface area contributed by atoms with E-state index in [1.54, 1.807) is 24.9 Å². The molecule has 2 aromatic rings. The monoisotopic (exact) mass is 590 g/mol. The predicted molar refractivity (Wildman–Crippen MR) is 146 cm³/mol. The van der Waals surface area contributed by atoms with Crippen LogP contribution >= 0.6 is 11.8 Å². The molecule has 0 bridgehead atoms. The van der Waals surface area contributed by atoms with E-state index < -0.39 is 34.9 Å². The van der Waals surface area contributed by atoms with Gasteiger partial charge in [0, 0.05) is 36.6 Å². The fraction of sp³-hybridized carbons (Fsp3) is 0.478. The molecule has 10 nitrogen and oxygen atoms in total. The van der Waals surface area contributed by atoms with Crippen LogP contribution in [0.25, 0.3) is 0 Å². The van der Waals surface area contributed by atoms with E-state index in [-0.39, 0.29) is 24.5 Å². The Bertz CT molecular complexity index is 1350. The van der Waals surface area contributed by atoms with E-state index in [0.29, 0.717) is 55.2 Å². The first kappa shape index (κ1) is 30.2. The molecular formula is C23H32F2N6O4S3. The molecule has 2 heterocycles. The molecule has 38 heavy (non-hydrogen) atoms. The number of nitrogens with zero attached hydrogens (tertiary/aromatic N) is 2. The molecule has 4 N–H and O–H groups in total. The number of thioether (sulfide) groups is 1. The standard InChI is InChI=1S/C23H32F2N6O4S3/c1-4-11-36-14-16(7-9-26-3)30-19-6-5-17(12-21(19)37(32,33)23(2,24)25)38(34,35)31-22-18-8-10-27-13-20(18)28-15-29-22/h4-6,12,15-16,26-27,30H,1,7-11,13-14H2,2-3H3,(H,28,29,31)/t16-/m1/s1. The van der Waals surface area contributed by atoms with E-state index in [0.717, 1.165) is 6.07 Å². The molecule has 0 saturated heterocycles. The zero-order valence-electron chi connectivity index (χ0n) is 21.1. The van der Waals surface area contributed by atoms with E-state index in [1.165, 1.54) is 18.5 Å². The van der Waals surface area contributed by atoms with Crippen LogP contribution in [0.1, 0.15) is 24.6 Å². The van der Waals surface area contributed by atoms with Crippen LogP contribution in [0, 0.1) is 0 Å². The summed E-state index contributed by atoms with van der Waals surface area (Å²) in [5, 5.41) is 5.03. The van der Waals surface area contributed by atoms with Crippen molar-refractivity contribution in [1.29, 1.82) is 0 Å². The Morgan fingerprint density at radius 1 is 1.26 bits per heavy atom. The number of halogens is 2. The third kappa shape index (κ3) is 7.20. The summed E-state index contributed by atoms with van der Waals surface area (Å²) in [4.78, 5) is 6.90. The topological polar surface area (TPSA) is 142 Å².